The number of nitrogens with zero attached hydrogens (tertiary/aromatic N) is 1. The van der Waals surface area contributed by atoms with Crippen LogP contribution in [-0.2, 0) is 6.18 Å². The molecule has 0 unspecified atom stereocenters. The van der Waals surface area contributed by atoms with Gasteiger partial charge in [-0.3, -0.25) is 4.79 Å². The third-order valence-corrected chi connectivity index (χ3v) is 6.58. The molecule has 31 heavy (non-hydrogen) atoms. The highest BCUT2D eigenvalue weighted by molar-refractivity contribution is 7.19. The van der Waals surface area contributed by atoms with Crippen LogP contribution < -0.4 is 15.4 Å². The number of halogens is 3. The Labute approximate surface area is 181 Å². The number of ether oxygens (including phenoxy) is 1. The van der Waals surface area contributed by atoms with Gasteiger partial charge in [0, 0.05) is 17.6 Å². The van der Waals surface area contributed by atoms with Gasteiger partial charge in [0.05, 0.1) is 23.0 Å². The molecule has 1 saturated carbocycles. The van der Waals surface area contributed by atoms with Gasteiger partial charge in [0.15, 0.2) is 5.01 Å². The molecule has 0 spiro atoms. The molecule has 1 aliphatic carbocycles. The van der Waals surface area contributed by atoms with Crippen LogP contribution >= 0.6 is 11.3 Å². The van der Waals surface area contributed by atoms with E-state index in [1.54, 1.807) is 49.6 Å². The number of methoxy groups -OCH3 is 1. The van der Waals surface area contributed by atoms with E-state index < -0.39 is 11.2 Å². The van der Waals surface area contributed by atoms with Crippen LogP contribution in [0.3, 0.4) is 0 Å². The molecular weight excluding hydrogens is 427 g/mol. The van der Waals surface area contributed by atoms with Crippen molar-refractivity contribution in [1.82, 2.24) is 10.3 Å². The zero-order valence-corrected chi connectivity index (χ0v) is 17.6. The topological polar surface area (TPSA) is 63.2 Å². The third-order valence-electron chi connectivity index (χ3n) is 5.43. The minimum atomic E-state index is -4.44. The molecule has 1 fully saturated rings. The molecule has 1 amide bonds. The number of hydrogen-bond acceptors (Lipinski definition) is 5. The number of benzene rings is 2. The van der Waals surface area contributed by atoms with Gasteiger partial charge in [0.25, 0.3) is 5.91 Å². The Morgan fingerprint density at radius 2 is 1.74 bits per heavy atom. The van der Waals surface area contributed by atoms with Crippen molar-refractivity contribution in [2.75, 3.05) is 12.4 Å². The zero-order valence-electron chi connectivity index (χ0n) is 16.8. The van der Waals surface area contributed by atoms with Crippen LogP contribution in [0.5, 0.6) is 5.75 Å². The second kappa shape index (κ2) is 8.74. The molecule has 2 aromatic carbocycles. The summed E-state index contributed by atoms with van der Waals surface area (Å²) in [6.07, 6.45) is -1.22. The van der Waals surface area contributed by atoms with Crippen molar-refractivity contribution in [2.24, 2.45) is 0 Å². The number of carbonyl (C=O) groups excluding carboxylic acids is 1. The Kier molecular flexibility index (Phi) is 6.04. The first-order valence-corrected chi connectivity index (χ1v) is 10.8. The number of fused-ring (bicyclic) bond motifs is 1. The average Bonchev–Trinajstić information content (AvgIpc) is 3.21. The van der Waals surface area contributed by atoms with Crippen LogP contribution in [0.15, 0.2) is 42.5 Å². The number of hydrogen-bond donors (Lipinski definition) is 2. The van der Waals surface area contributed by atoms with E-state index >= 15 is 0 Å². The van der Waals surface area contributed by atoms with Crippen LogP contribution in [-0.4, -0.2) is 30.1 Å². The summed E-state index contributed by atoms with van der Waals surface area (Å²) in [6, 6.07) is 12.3. The normalized spacial score (nSPS) is 19.2. The molecule has 1 aromatic heterocycles. The molecule has 1 heterocycles. The fourth-order valence-electron chi connectivity index (χ4n) is 3.80. The monoisotopic (exact) mass is 449 g/mol. The van der Waals surface area contributed by atoms with Crippen LogP contribution in [0.2, 0.25) is 0 Å². The number of aromatic nitrogens is 1. The van der Waals surface area contributed by atoms with E-state index in [0.29, 0.717) is 38.6 Å². The van der Waals surface area contributed by atoms with Crippen molar-refractivity contribution in [3.8, 4) is 5.75 Å². The minimum Gasteiger partial charge on any atom is -0.497 e. The van der Waals surface area contributed by atoms with Crippen molar-refractivity contribution < 1.29 is 22.7 Å². The van der Waals surface area contributed by atoms with Crippen molar-refractivity contribution in [3.63, 3.8) is 0 Å². The Morgan fingerprint density at radius 3 is 2.39 bits per heavy atom. The van der Waals surface area contributed by atoms with Gasteiger partial charge in [-0.15, -0.1) is 11.3 Å². The Balaban J connectivity index is 1.35. The lowest BCUT2D eigenvalue weighted by Crippen LogP contribution is -2.40. The lowest BCUT2D eigenvalue weighted by Gasteiger charge is -2.30. The lowest BCUT2D eigenvalue weighted by molar-refractivity contribution is -0.137. The molecule has 0 radical (unpaired) electrons. The SMILES string of the molecule is COc1ccc(C(=O)N[C@H]2CC[C@@H](Nc3cccc4nc(C(F)(F)F)sc34)CC2)cc1. The number of anilines is 1. The number of amides is 1. The summed E-state index contributed by atoms with van der Waals surface area (Å²) in [5.41, 5.74) is 1.61. The van der Waals surface area contributed by atoms with E-state index in [1.807, 2.05) is 0 Å². The van der Waals surface area contributed by atoms with Gasteiger partial charge in [0.2, 0.25) is 0 Å². The molecule has 0 bridgehead atoms. The zero-order chi connectivity index (χ0) is 22.0. The second-order valence-corrected chi connectivity index (χ2v) is 8.56. The van der Waals surface area contributed by atoms with Crippen LogP contribution in [0.1, 0.15) is 41.0 Å². The van der Waals surface area contributed by atoms with Crippen molar-refractivity contribution >= 4 is 33.1 Å². The van der Waals surface area contributed by atoms with Crippen molar-refractivity contribution in [3.05, 3.63) is 53.0 Å². The first kappa shape index (κ1) is 21.4. The molecule has 5 nitrogen and oxygen atoms in total. The first-order chi connectivity index (χ1) is 14.8. The van der Waals surface area contributed by atoms with Gasteiger partial charge < -0.3 is 15.4 Å². The summed E-state index contributed by atoms with van der Waals surface area (Å²) >= 11 is 0.664. The van der Waals surface area contributed by atoms with E-state index in [9.17, 15) is 18.0 Å². The first-order valence-electron chi connectivity index (χ1n) is 10.0. The Hall–Kier alpha value is -2.81. The summed E-state index contributed by atoms with van der Waals surface area (Å²) in [6.45, 7) is 0. The summed E-state index contributed by atoms with van der Waals surface area (Å²) < 4.78 is 44.7. The molecule has 9 heteroatoms. The minimum absolute atomic E-state index is 0.0729. The van der Waals surface area contributed by atoms with Crippen LogP contribution in [0.25, 0.3) is 10.2 Å². The fraction of sp³-hybridized carbons (Fsp3) is 0.364. The predicted octanol–water partition coefficient (Wildman–Crippen LogP) is 5.48. The van der Waals surface area contributed by atoms with Gasteiger partial charge in [-0.05, 0) is 62.1 Å². The van der Waals surface area contributed by atoms with Crippen LogP contribution in [0.4, 0.5) is 18.9 Å². The molecule has 2 N–H and O–H groups in total. The molecule has 4 rings (SSSR count). The van der Waals surface area contributed by atoms with Gasteiger partial charge in [-0.1, -0.05) is 6.07 Å². The average molecular weight is 449 g/mol. The van der Waals surface area contributed by atoms with Gasteiger partial charge in [-0.2, -0.15) is 13.2 Å². The number of nitrogens with one attached hydrogen (secondary N) is 2. The molecule has 0 saturated heterocycles. The largest absolute Gasteiger partial charge is 0.497 e. The lowest BCUT2D eigenvalue weighted by atomic mass is 9.90. The number of rotatable bonds is 5. The standard InChI is InChI=1S/C22H22F3N3O2S/c1-30-16-11-5-13(6-12-16)20(29)27-15-9-7-14(8-10-15)26-17-3-2-4-18-19(17)31-21(28-18)22(23,24)25/h2-6,11-12,14-15,26H,7-10H2,1H3,(H,27,29)/t14-,15+. The Morgan fingerprint density at radius 1 is 1.06 bits per heavy atom. The summed E-state index contributed by atoms with van der Waals surface area (Å²) in [4.78, 5) is 16.2. The van der Waals surface area contributed by atoms with E-state index in [1.165, 1.54) is 0 Å². The summed E-state index contributed by atoms with van der Waals surface area (Å²) in [7, 11) is 1.58. The van der Waals surface area contributed by atoms with Crippen LogP contribution in [0, 0.1) is 0 Å². The summed E-state index contributed by atoms with van der Waals surface area (Å²) in [5.74, 6) is 0.578. The number of thiazole rings is 1. The van der Waals surface area contributed by atoms with E-state index in [4.69, 9.17) is 4.74 Å². The number of carbonyl (C=O) groups is 1. The molecule has 0 aliphatic heterocycles. The Bertz CT molecular complexity index is 1060. The molecule has 1 aliphatic rings. The molecule has 0 atom stereocenters. The van der Waals surface area contributed by atoms with Crippen molar-refractivity contribution in [1.29, 1.82) is 0 Å². The fourth-order valence-corrected chi connectivity index (χ4v) is 4.71. The van der Waals surface area contributed by atoms with Crippen molar-refractivity contribution in [2.45, 2.75) is 43.9 Å². The van der Waals surface area contributed by atoms with Gasteiger partial charge >= 0.3 is 6.18 Å². The maximum atomic E-state index is 13.0. The summed E-state index contributed by atoms with van der Waals surface area (Å²) in [5, 5.41) is 5.62. The van der Waals surface area contributed by atoms with E-state index in [-0.39, 0.29) is 18.0 Å². The third kappa shape index (κ3) is 4.92. The maximum Gasteiger partial charge on any atom is 0.443 e. The quantitative estimate of drug-likeness (QED) is 0.542. The van der Waals surface area contributed by atoms with Gasteiger partial charge in [-0.25, -0.2) is 4.98 Å². The smallest absolute Gasteiger partial charge is 0.443 e. The molecule has 3 aromatic rings. The van der Waals surface area contributed by atoms with E-state index in [2.05, 4.69) is 15.6 Å². The van der Waals surface area contributed by atoms with E-state index in [0.717, 1.165) is 25.7 Å². The molecular formula is C22H22F3N3O2S. The highest BCUT2D eigenvalue weighted by Gasteiger charge is 2.35. The second-order valence-electron chi connectivity index (χ2n) is 7.57. The highest BCUT2D eigenvalue weighted by atomic mass is 32.1. The number of alkyl halides is 3. The molecule has 164 valence electrons. The van der Waals surface area contributed by atoms with Gasteiger partial charge in [0.1, 0.15) is 5.75 Å². The predicted molar refractivity (Wildman–Crippen MR) is 115 cm³/mol. The maximum absolute atomic E-state index is 13.0. The highest BCUT2D eigenvalue weighted by Crippen LogP contribution is 2.38.